The number of aliphatic hydroxyl groups is 1. The van der Waals surface area contributed by atoms with Crippen molar-refractivity contribution in [1.82, 2.24) is 34.5 Å². The summed E-state index contributed by atoms with van der Waals surface area (Å²) in [4.78, 5) is 58.9. The minimum absolute atomic E-state index is 0.208. The van der Waals surface area contributed by atoms with Gasteiger partial charge in [-0.3, -0.25) is 24.6 Å². The molecule has 3 fully saturated rings. The number of pyridine rings is 1. The number of aryl methyl sites for hydroxylation is 1. The number of nitrogens with one attached hydrogen (secondary N) is 3. The van der Waals surface area contributed by atoms with Crippen LogP contribution in [-0.4, -0.2) is 97.5 Å². The van der Waals surface area contributed by atoms with E-state index in [1.165, 1.54) is 11.4 Å². The van der Waals surface area contributed by atoms with Gasteiger partial charge in [0.25, 0.3) is 5.56 Å². The molecule has 2 amide bonds. The van der Waals surface area contributed by atoms with Crippen LogP contribution in [0.25, 0.3) is 16.9 Å². The largest absolute Gasteiger partial charge is 0.384 e. The van der Waals surface area contributed by atoms with E-state index >= 15 is 0 Å². The number of carbonyl (C=O) groups is 2. The van der Waals surface area contributed by atoms with E-state index in [0.717, 1.165) is 75.5 Å². The van der Waals surface area contributed by atoms with Crippen LogP contribution in [0, 0.1) is 0 Å². The summed E-state index contributed by atoms with van der Waals surface area (Å²) >= 11 is 0. The number of aromatic nitrogens is 5. The second-order valence-electron chi connectivity index (χ2n) is 16.1. The molecule has 0 bridgehead atoms. The summed E-state index contributed by atoms with van der Waals surface area (Å²) in [6.07, 6.45) is 8.26. The number of hydrogen-bond donors (Lipinski definition) is 4. The summed E-state index contributed by atoms with van der Waals surface area (Å²) < 4.78 is 3.26. The Bertz CT molecular complexity index is 2430. The van der Waals surface area contributed by atoms with Crippen LogP contribution in [-0.2, 0) is 28.2 Å². The van der Waals surface area contributed by atoms with Crippen LogP contribution < -0.4 is 31.3 Å². The van der Waals surface area contributed by atoms with E-state index in [4.69, 9.17) is 9.97 Å². The van der Waals surface area contributed by atoms with Gasteiger partial charge in [-0.15, -0.1) is 6.58 Å². The lowest BCUT2D eigenvalue weighted by atomic mass is 9.98. The second kappa shape index (κ2) is 15.9. The van der Waals surface area contributed by atoms with Crippen molar-refractivity contribution < 1.29 is 14.7 Å². The van der Waals surface area contributed by atoms with Gasteiger partial charge in [0.05, 0.1) is 12.2 Å². The number of benzene rings is 2. The third kappa shape index (κ3) is 7.56. The first-order valence-corrected chi connectivity index (χ1v) is 20.8. The third-order valence-corrected chi connectivity index (χ3v) is 12.6. The lowest BCUT2D eigenvalue weighted by Crippen LogP contribution is -2.53. The molecule has 1 aliphatic carbocycles. The molecular formula is C44H51N11O4. The van der Waals surface area contributed by atoms with Gasteiger partial charge in [-0.2, -0.15) is 4.98 Å². The standard InChI is InChI=1S/C44H51N11O4/c1-3-21-54-42(58)35-28-45-43(50-40(35)55(54)37-15-5-29-17-20-44(59,4-2)39(29)48-37)47-31-8-12-32(13-9-31)51-22-18-34(19-23-51)53-26-24-52(25-27-53)33-10-6-30(7-11-33)46-36-14-16-38(56)49-41(36)57/h3,5-13,15,28,34,36,46,59H,1,4,14,16-27H2,2H3,(H,45,47,50)(H,49,56,57)/t36?,44-/m1/s1. The van der Waals surface area contributed by atoms with Crippen molar-refractivity contribution in [2.75, 3.05) is 59.7 Å². The molecule has 306 valence electrons. The Morgan fingerprint density at radius 3 is 2.24 bits per heavy atom. The van der Waals surface area contributed by atoms with Crippen LogP contribution in [0.1, 0.15) is 56.7 Å². The highest BCUT2D eigenvalue weighted by Gasteiger charge is 2.37. The van der Waals surface area contributed by atoms with Crippen LogP contribution in [0.4, 0.5) is 28.7 Å². The van der Waals surface area contributed by atoms with Gasteiger partial charge < -0.3 is 25.5 Å². The van der Waals surface area contributed by atoms with Gasteiger partial charge >= 0.3 is 0 Å². The molecule has 1 unspecified atom stereocenters. The fraction of sp³-hybridized carbons (Fsp3) is 0.409. The van der Waals surface area contributed by atoms with Crippen LogP contribution in [0.15, 0.2) is 84.3 Å². The molecule has 0 spiro atoms. The molecule has 15 heteroatoms. The van der Waals surface area contributed by atoms with E-state index in [9.17, 15) is 19.5 Å². The number of rotatable bonds is 11. The number of imide groups is 1. The topological polar surface area (TPSA) is 166 Å². The number of piperazine rings is 1. The molecule has 5 aromatic rings. The average molecular weight is 798 g/mol. The van der Waals surface area contributed by atoms with Crippen molar-refractivity contribution in [3.05, 3.63) is 101 Å². The Kier molecular flexibility index (Phi) is 10.4. The van der Waals surface area contributed by atoms with Gasteiger partial charge in [-0.05, 0) is 98.7 Å². The summed E-state index contributed by atoms with van der Waals surface area (Å²) in [5, 5.41) is 20.6. The Labute approximate surface area is 342 Å². The summed E-state index contributed by atoms with van der Waals surface area (Å²) in [5.74, 6) is 0.404. The summed E-state index contributed by atoms with van der Waals surface area (Å²) in [5.41, 5.74) is 4.96. The predicted molar refractivity (Wildman–Crippen MR) is 229 cm³/mol. The van der Waals surface area contributed by atoms with Crippen LogP contribution in [0.2, 0.25) is 0 Å². The number of nitrogens with zero attached hydrogens (tertiary/aromatic N) is 8. The van der Waals surface area contributed by atoms with Crippen molar-refractivity contribution in [1.29, 1.82) is 0 Å². The van der Waals surface area contributed by atoms with Gasteiger partial charge in [0.2, 0.25) is 17.8 Å². The molecule has 3 aromatic heterocycles. The van der Waals surface area contributed by atoms with Gasteiger partial charge in [-0.25, -0.2) is 19.3 Å². The fourth-order valence-electron chi connectivity index (χ4n) is 9.13. The molecule has 59 heavy (non-hydrogen) atoms. The van der Waals surface area contributed by atoms with Gasteiger partial charge in [-0.1, -0.05) is 19.1 Å². The zero-order valence-corrected chi connectivity index (χ0v) is 33.4. The first-order valence-electron chi connectivity index (χ1n) is 20.8. The molecule has 0 saturated carbocycles. The average Bonchev–Trinajstić information content (AvgIpc) is 3.74. The predicted octanol–water partition coefficient (Wildman–Crippen LogP) is 4.46. The molecule has 4 N–H and O–H groups in total. The summed E-state index contributed by atoms with van der Waals surface area (Å²) in [6.45, 7) is 12.1. The fourth-order valence-corrected chi connectivity index (χ4v) is 9.13. The first-order chi connectivity index (χ1) is 28.7. The van der Waals surface area contributed by atoms with Gasteiger partial charge in [0.1, 0.15) is 17.0 Å². The second-order valence-corrected chi connectivity index (χ2v) is 16.1. The zero-order chi connectivity index (χ0) is 40.7. The van der Waals surface area contributed by atoms with Crippen molar-refractivity contribution >= 4 is 51.5 Å². The number of hydrogen-bond acceptors (Lipinski definition) is 12. The SMILES string of the molecule is C=CCn1c(=O)c2cnc(Nc3ccc(N4CCC(N5CCN(c6ccc(NC7CCC(=O)NC7=O)cc6)CC5)CC4)cc3)nc2n1-c1ccc2c(n1)[C@@](O)(CC)CC2. The summed E-state index contributed by atoms with van der Waals surface area (Å²) in [6, 6.07) is 20.6. The molecule has 4 aliphatic rings. The number of anilines is 5. The molecule has 9 rings (SSSR count). The van der Waals surface area contributed by atoms with Crippen molar-refractivity contribution in [2.24, 2.45) is 0 Å². The molecule has 3 saturated heterocycles. The lowest BCUT2D eigenvalue weighted by molar-refractivity contribution is -0.133. The molecule has 0 radical (unpaired) electrons. The quantitative estimate of drug-likeness (QED) is 0.110. The normalized spacial score (nSPS) is 21.4. The highest BCUT2D eigenvalue weighted by atomic mass is 16.3. The molecule has 3 aliphatic heterocycles. The zero-order valence-electron chi connectivity index (χ0n) is 33.4. The van der Waals surface area contributed by atoms with Gasteiger partial charge in [0, 0.05) is 80.7 Å². The van der Waals surface area contributed by atoms with Crippen molar-refractivity contribution in [3.8, 4) is 5.82 Å². The smallest absolute Gasteiger partial charge is 0.278 e. The number of piperidine rings is 2. The minimum atomic E-state index is -0.989. The van der Waals surface area contributed by atoms with E-state index in [0.29, 0.717) is 60.2 Å². The van der Waals surface area contributed by atoms with Crippen LogP contribution >= 0.6 is 0 Å². The first kappa shape index (κ1) is 38.5. The van der Waals surface area contributed by atoms with Crippen LogP contribution in [0.5, 0.6) is 0 Å². The molecule has 2 atom stereocenters. The monoisotopic (exact) mass is 797 g/mol. The Hall–Kier alpha value is -6.06. The Balaban J connectivity index is 0.802. The third-order valence-electron chi connectivity index (χ3n) is 12.6. The maximum Gasteiger partial charge on any atom is 0.278 e. The molecular weight excluding hydrogens is 747 g/mol. The highest BCUT2D eigenvalue weighted by Crippen LogP contribution is 2.38. The Morgan fingerprint density at radius 2 is 1.56 bits per heavy atom. The number of carbonyl (C=O) groups excluding carboxylic acids is 2. The Morgan fingerprint density at radius 1 is 0.864 bits per heavy atom. The van der Waals surface area contributed by atoms with E-state index in [1.807, 2.05) is 43.3 Å². The molecule has 6 heterocycles. The number of fused-ring (bicyclic) bond motifs is 2. The van der Waals surface area contributed by atoms with E-state index in [2.05, 4.69) is 66.5 Å². The van der Waals surface area contributed by atoms with E-state index in [1.54, 1.807) is 21.6 Å². The maximum atomic E-state index is 13.5. The number of allylic oxidation sites excluding steroid dienone is 1. The minimum Gasteiger partial charge on any atom is -0.384 e. The van der Waals surface area contributed by atoms with Crippen molar-refractivity contribution in [2.45, 2.75) is 76.1 Å². The van der Waals surface area contributed by atoms with Gasteiger partial charge in [0.15, 0.2) is 11.5 Å². The lowest BCUT2D eigenvalue weighted by Gasteiger charge is -2.44. The highest BCUT2D eigenvalue weighted by molar-refractivity contribution is 6.01. The maximum absolute atomic E-state index is 13.5. The van der Waals surface area contributed by atoms with Crippen molar-refractivity contribution in [3.63, 3.8) is 0 Å². The van der Waals surface area contributed by atoms with E-state index < -0.39 is 5.60 Å². The molecule has 2 aromatic carbocycles. The van der Waals surface area contributed by atoms with E-state index in [-0.39, 0.29) is 30.0 Å². The summed E-state index contributed by atoms with van der Waals surface area (Å²) in [7, 11) is 0. The number of amides is 2. The molecule has 15 nitrogen and oxygen atoms in total. The van der Waals surface area contributed by atoms with Crippen LogP contribution in [0.3, 0.4) is 0 Å².